The van der Waals surface area contributed by atoms with Crippen LogP contribution < -0.4 is 5.73 Å². The van der Waals surface area contributed by atoms with E-state index in [0.29, 0.717) is 5.89 Å². The molecule has 2 N–H and O–H groups in total. The van der Waals surface area contributed by atoms with Gasteiger partial charge in [0.2, 0.25) is 5.89 Å². The molecule has 0 saturated heterocycles. The summed E-state index contributed by atoms with van der Waals surface area (Å²) in [5.41, 5.74) is 9.94. The van der Waals surface area contributed by atoms with Gasteiger partial charge in [-0.25, -0.2) is 4.98 Å². The molecule has 0 amide bonds. The SMILES string of the molecule is Cc1cc(C)c2oc(C3(N)CC3)nc2c1. The van der Waals surface area contributed by atoms with E-state index in [1.54, 1.807) is 0 Å². The number of oxazole rings is 1. The molecule has 1 aliphatic rings. The van der Waals surface area contributed by atoms with E-state index in [4.69, 9.17) is 10.2 Å². The molecular weight excluding hydrogens is 188 g/mol. The number of fused-ring (bicyclic) bond motifs is 1. The lowest BCUT2D eigenvalue weighted by Gasteiger charge is -1.99. The highest BCUT2D eigenvalue weighted by Crippen LogP contribution is 2.43. The number of nitrogens with two attached hydrogens (primary N) is 1. The van der Waals surface area contributed by atoms with Crippen LogP contribution in [0.5, 0.6) is 0 Å². The number of aryl methyl sites for hydroxylation is 2. The Bertz CT molecular complexity index is 538. The lowest BCUT2D eigenvalue weighted by atomic mass is 10.1. The summed E-state index contributed by atoms with van der Waals surface area (Å²) in [4.78, 5) is 4.48. The average molecular weight is 202 g/mol. The van der Waals surface area contributed by atoms with Gasteiger partial charge in [0.05, 0.1) is 5.54 Å². The molecule has 78 valence electrons. The van der Waals surface area contributed by atoms with Crippen LogP contribution in [0, 0.1) is 13.8 Å². The highest BCUT2D eigenvalue weighted by molar-refractivity contribution is 5.77. The third kappa shape index (κ3) is 1.27. The molecule has 0 spiro atoms. The molecule has 0 radical (unpaired) electrons. The van der Waals surface area contributed by atoms with E-state index < -0.39 is 0 Å². The molecule has 3 heteroatoms. The maximum Gasteiger partial charge on any atom is 0.215 e. The molecule has 15 heavy (non-hydrogen) atoms. The molecule has 1 fully saturated rings. The van der Waals surface area contributed by atoms with E-state index >= 15 is 0 Å². The number of hydrogen-bond donors (Lipinski definition) is 1. The zero-order valence-corrected chi connectivity index (χ0v) is 9.00. The lowest BCUT2D eigenvalue weighted by Crippen LogP contribution is -2.18. The van der Waals surface area contributed by atoms with Crippen LogP contribution in [0.25, 0.3) is 11.1 Å². The topological polar surface area (TPSA) is 52.0 Å². The Morgan fingerprint density at radius 1 is 1.33 bits per heavy atom. The first kappa shape index (κ1) is 8.92. The predicted octanol–water partition coefficient (Wildman–Crippen LogP) is 2.39. The summed E-state index contributed by atoms with van der Waals surface area (Å²) in [6.45, 7) is 4.11. The van der Waals surface area contributed by atoms with Crippen LogP contribution in [-0.4, -0.2) is 4.98 Å². The zero-order valence-electron chi connectivity index (χ0n) is 9.00. The van der Waals surface area contributed by atoms with E-state index in [9.17, 15) is 0 Å². The van der Waals surface area contributed by atoms with Gasteiger partial charge in [-0.1, -0.05) is 6.07 Å². The van der Waals surface area contributed by atoms with Crippen molar-refractivity contribution in [2.45, 2.75) is 32.2 Å². The minimum Gasteiger partial charge on any atom is -0.438 e. The molecule has 1 aromatic carbocycles. The Labute approximate surface area is 88.3 Å². The van der Waals surface area contributed by atoms with Gasteiger partial charge in [0.1, 0.15) is 5.52 Å². The first-order valence-corrected chi connectivity index (χ1v) is 5.26. The van der Waals surface area contributed by atoms with Crippen LogP contribution >= 0.6 is 0 Å². The van der Waals surface area contributed by atoms with E-state index in [1.807, 2.05) is 13.0 Å². The standard InChI is InChI=1S/C12H14N2O/c1-7-5-8(2)10-9(6-7)14-11(15-10)12(13)3-4-12/h5-6H,3-4,13H2,1-2H3. The summed E-state index contributed by atoms with van der Waals surface area (Å²) >= 11 is 0. The first-order valence-electron chi connectivity index (χ1n) is 5.26. The van der Waals surface area contributed by atoms with Crippen molar-refractivity contribution in [2.75, 3.05) is 0 Å². The van der Waals surface area contributed by atoms with Crippen molar-refractivity contribution in [3.63, 3.8) is 0 Å². The Hall–Kier alpha value is -1.35. The Morgan fingerprint density at radius 2 is 2.07 bits per heavy atom. The summed E-state index contributed by atoms with van der Waals surface area (Å²) < 4.78 is 5.74. The van der Waals surface area contributed by atoms with Crippen molar-refractivity contribution in [3.8, 4) is 0 Å². The molecule has 0 bridgehead atoms. The number of aromatic nitrogens is 1. The summed E-state index contributed by atoms with van der Waals surface area (Å²) in [7, 11) is 0. The maximum absolute atomic E-state index is 6.06. The van der Waals surface area contributed by atoms with Crippen LogP contribution in [-0.2, 0) is 5.54 Å². The molecule has 1 aromatic heterocycles. The molecule has 0 aliphatic heterocycles. The molecule has 0 atom stereocenters. The fourth-order valence-corrected chi connectivity index (χ4v) is 1.94. The van der Waals surface area contributed by atoms with Gasteiger partial charge >= 0.3 is 0 Å². The van der Waals surface area contributed by atoms with Gasteiger partial charge in [-0.15, -0.1) is 0 Å². The number of rotatable bonds is 1. The molecule has 1 aliphatic carbocycles. The van der Waals surface area contributed by atoms with Crippen LogP contribution in [0.3, 0.4) is 0 Å². The van der Waals surface area contributed by atoms with Crippen molar-refractivity contribution in [1.82, 2.24) is 4.98 Å². The van der Waals surface area contributed by atoms with Gasteiger partial charge in [-0.05, 0) is 43.9 Å². The summed E-state index contributed by atoms with van der Waals surface area (Å²) in [5, 5.41) is 0. The van der Waals surface area contributed by atoms with Gasteiger partial charge in [0.15, 0.2) is 5.58 Å². The zero-order chi connectivity index (χ0) is 10.6. The first-order chi connectivity index (χ1) is 7.08. The molecule has 3 nitrogen and oxygen atoms in total. The van der Waals surface area contributed by atoms with Crippen LogP contribution in [0.1, 0.15) is 29.9 Å². The van der Waals surface area contributed by atoms with Gasteiger partial charge in [0, 0.05) is 0 Å². The second-order valence-electron chi connectivity index (χ2n) is 4.61. The molecule has 3 rings (SSSR count). The summed E-state index contributed by atoms with van der Waals surface area (Å²) in [5.74, 6) is 0.700. The minimum atomic E-state index is -0.278. The van der Waals surface area contributed by atoms with Crippen LogP contribution in [0.15, 0.2) is 16.5 Å². The second kappa shape index (κ2) is 2.61. The third-order valence-electron chi connectivity index (χ3n) is 3.03. The summed E-state index contributed by atoms with van der Waals surface area (Å²) in [6, 6.07) is 4.15. The lowest BCUT2D eigenvalue weighted by molar-refractivity contribution is 0.464. The second-order valence-corrected chi connectivity index (χ2v) is 4.61. The normalized spacial score (nSPS) is 18.3. The molecule has 0 unspecified atom stereocenters. The van der Waals surface area contributed by atoms with Gasteiger partial charge in [-0.2, -0.15) is 0 Å². The van der Waals surface area contributed by atoms with E-state index in [-0.39, 0.29) is 5.54 Å². The monoisotopic (exact) mass is 202 g/mol. The quantitative estimate of drug-likeness (QED) is 0.772. The Balaban J connectivity index is 2.25. The molecule has 1 heterocycles. The fraction of sp³-hybridized carbons (Fsp3) is 0.417. The molecule has 2 aromatic rings. The molecular formula is C12H14N2O. The van der Waals surface area contributed by atoms with E-state index in [1.165, 1.54) is 5.56 Å². The minimum absolute atomic E-state index is 0.278. The predicted molar refractivity (Wildman–Crippen MR) is 58.6 cm³/mol. The largest absolute Gasteiger partial charge is 0.438 e. The Kier molecular flexibility index (Phi) is 1.55. The number of hydrogen-bond acceptors (Lipinski definition) is 3. The third-order valence-corrected chi connectivity index (χ3v) is 3.03. The number of nitrogens with zero attached hydrogens (tertiary/aromatic N) is 1. The van der Waals surface area contributed by atoms with Gasteiger partial charge < -0.3 is 10.2 Å². The van der Waals surface area contributed by atoms with E-state index in [0.717, 1.165) is 29.5 Å². The summed E-state index contributed by atoms with van der Waals surface area (Å²) in [6.07, 6.45) is 1.97. The van der Waals surface area contributed by atoms with Crippen LogP contribution in [0.4, 0.5) is 0 Å². The van der Waals surface area contributed by atoms with Gasteiger partial charge in [-0.3, -0.25) is 0 Å². The van der Waals surface area contributed by atoms with Crippen LogP contribution in [0.2, 0.25) is 0 Å². The van der Waals surface area contributed by atoms with Crippen molar-refractivity contribution in [3.05, 3.63) is 29.2 Å². The molecule has 1 saturated carbocycles. The highest BCUT2D eigenvalue weighted by atomic mass is 16.4. The van der Waals surface area contributed by atoms with Gasteiger partial charge in [0.25, 0.3) is 0 Å². The Morgan fingerprint density at radius 3 is 2.73 bits per heavy atom. The number of benzene rings is 1. The van der Waals surface area contributed by atoms with Crippen molar-refractivity contribution in [1.29, 1.82) is 0 Å². The van der Waals surface area contributed by atoms with E-state index in [2.05, 4.69) is 18.0 Å². The van der Waals surface area contributed by atoms with Crippen molar-refractivity contribution < 1.29 is 4.42 Å². The van der Waals surface area contributed by atoms with Crippen molar-refractivity contribution >= 4 is 11.1 Å². The maximum atomic E-state index is 6.06. The highest BCUT2D eigenvalue weighted by Gasteiger charge is 2.45. The average Bonchev–Trinajstić information content (AvgIpc) is 2.77. The van der Waals surface area contributed by atoms with Crippen molar-refractivity contribution in [2.24, 2.45) is 5.73 Å². The fourth-order valence-electron chi connectivity index (χ4n) is 1.94. The smallest absolute Gasteiger partial charge is 0.215 e.